The molecule has 3 atom stereocenters. The molecule has 0 bridgehead atoms. The summed E-state index contributed by atoms with van der Waals surface area (Å²) in [6, 6.07) is 3.37. The molecule has 2 aliphatic heterocycles. The molecule has 0 spiro atoms. The van der Waals surface area contributed by atoms with Crippen LogP contribution in [0, 0.1) is 5.82 Å². The third-order valence-electron chi connectivity index (χ3n) is 5.88. The van der Waals surface area contributed by atoms with Crippen LogP contribution in [0.5, 0.6) is 0 Å². The number of carbonyl (C=O) groups is 1. The van der Waals surface area contributed by atoms with Crippen LogP contribution in [-0.2, 0) is 17.7 Å². The number of ether oxygens (including phenoxy) is 1. The van der Waals surface area contributed by atoms with Crippen molar-refractivity contribution >= 4 is 23.6 Å². The first-order valence-electron chi connectivity index (χ1n) is 10.8. The number of aromatic nitrogens is 2. The lowest BCUT2D eigenvalue weighted by molar-refractivity contribution is 0.0231. The lowest BCUT2D eigenvalue weighted by Crippen LogP contribution is -2.45. The number of anilines is 1. The number of aliphatic hydroxyl groups is 1. The third kappa shape index (κ3) is 5.28. The van der Waals surface area contributed by atoms with Crippen molar-refractivity contribution in [1.29, 1.82) is 0 Å². The molecule has 3 heterocycles. The Morgan fingerprint density at radius 1 is 1.47 bits per heavy atom. The molecule has 1 aromatic heterocycles. The van der Waals surface area contributed by atoms with Crippen LogP contribution in [0.1, 0.15) is 42.6 Å². The van der Waals surface area contributed by atoms with Crippen molar-refractivity contribution < 1.29 is 19.0 Å². The van der Waals surface area contributed by atoms with E-state index in [4.69, 9.17) is 16.3 Å². The summed E-state index contributed by atoms with van der Waals surface area (Å²) in [5.41, 5.74) is 2.25. The first kappa shape index (κ1) is 22.7. The molecule has 172 valence electrons. The number of amides is 2. The summed E-state index contributed by atoms with van der Waals surface area (Å²) >= 11 is 5.73. The van der Waals surface area contributed by atoms with Gasteiger partial charge in [-0.1, -0.05) is 17.7 Å². The van der Waals surface area contributed by atoms with Gasteiger partial charge in [-0.2, -0.15) is 0 Å². The standard InChI is InChI=1S/C22H27ClFN5O3/c1-13-8-16(5-7-32-13)26-21-25-10-15-4-6-29(11-19(15)27-21)22(31)28-20(12-30)14-2-3-17(23)18(24)9-14/h2-3,9-10,13,16,20,30H,4-8,11-12H2,1H3,(H,28,31)(H,25,26,27)/t13?,16?,20-/m1/s1. The van der Waals surface area contributed by atoms with Gasteiger partial charge in [-0.15, -0.1) is 0 Å². The van der Waals surface area contributed by atoms with Crippen LogP contribution in [0.15, 0.2) is 24.4 Å². The Labute approximate surface area is 191 Å². The van der Waals surface area contributed by atoms with Crippen LogP contribution >= 0.6 is 11.6 Å². The Balaban J connectivity index is 1.41. The number of urea groups is 1. The highest BCUT2D eigenvalue weighted by atomic mass is 35.5. The first-order valence-corrected chi connectivity index (χ1v) is 11.1. The fourth-order valence-corrected chi connectivity index (χ4v) is 4.18. The van der Waals surface area contributed by atoms with E-state index in [1.165, 1.54) is 12.1 Å². The minimum Gasteiger partial charge on any atom is -0.394 e. The van der Waals surface area contributed by atoms with Gasteiger partial charge in [-0.3, -0.25) is 0 Å². The number of carbonyl (C=O) groups excluding carboxylic acids is 1. The molecule has 10 heteroatoms. The second-order valence-corrected chi connectivity index (χ2v) is 8.65. The number of nitrogens with one attached hydrogen (secondary N) is 2. The lowest BCUT2D eigenvalue weighted by Gasteiger charge is -2.31. The van der Waals surface area contributed by atoms with Gasteiger partial charge in [0.2, 0.25) is 5.95 Å². The molecule has 0 aliphatic carbocycles. The number of aliphatic hydroxyl groups excluding tert-OH is 1. The normalized spacial score (nSPS) is 21.6. The van der Waals surface area contributed by atoms with Crippen LogP contribution in [-0.4, -0.2) is 57.9 Å². The van der Waals surface area contributed by atoms with Crippen molar-refractivity contribution in [2.75, 3.05) is 25.1 Å². The molecular formula is C22H27ClFN5O3. The number of benzene rings is 1. The molecule has 32 heavy (non-hydrogen) atoms. The van der Waals surface area contributed by atoms with Crippen LogP contribution in [0.25, 0.3) is 0 Å². The summed E-state index contributed by atoms with van der Waals surface area (Å²) in [4.78, 5) is 23.6. The van der Waals surface area contributed by atoms with Gasteiger partial charge in [-0.25, -0.2) is 19.2 Å². The van der Waals surface area contributed by atoms with Crippen LogP contribution in [0.3, 0.4) is 0 Å². The number of rotatable bonds is 5. The van der Waals surface area contributed by atoms with E-state index in [0.29, 0.717) is 37.6 Å². The van der Waals surface area contributed by atoms with Gasteiger partial charge < -0.3 is 25.4 Å². The largest absolute Gasteiger partial charge is 0.394 e. The Hall–Kier alpha value is -2.49. The summed E-state index contributed by atoms with van der Waals surface area (Å²) in [7, 11) is 0. The van der Waals surface area contributed by atoms with Crippen molar-refractivity contribution in [2.45, 2.75) is 50.9 Å². The Morgan fingerprint density at radius 2 is 2.31 bits per heavy atom. The van der Waals surface area contributed by atoms with E-state index in [1.807, 2.05) is 6.20 Å². The average molecular weight is 464 g/mol. The molecule has 4 rings (SSSR count). The highest BCUT2D eigenvalue weighted by Crippen LogP contribution is 2.23. The van der Waals surface area contributed by atoms with Gasteiger partial charge in [0, 0.05) is 25.4 Å². The van der Waals surface area contributed by atoms with Crippen LogP contribution in [0.4, 0.5) is 15.1 Å². The summed E-state index contributed by atoms with van der Waals surface area (Å²) < 4.78 is 19.4. The van der Waals surface area contributed by atoms with Crippen molar-refractivity contribution in [3.05, 3.63) is 52.1 Å². The van der Waals surface area contributed by atoms with Crippen molar-refractivity contribution in [3.63, 3.8) is 0 Å². The van der Waals surface area contributed by atoms with Crippen molar-refractivity contribution in [1.82, 2.24) is 20.2 Å². The molecule has 2 aliphatic rings. The topological polar surface area (TPSA) is 99.6 Å². The fourth-order valence-electron chi connectivity index (χ4n) is 4.06. The van der Waals surface area contributed by atoms with Crippen LogP contribution < -0.4 is 10.6 Å². The molecule has 2 unspecified atom stereocenters. The lowest BCUT2D eigenvalue weighted by atomic mass is 10.0. The minimum absolute atomic E-state index is 0.0105. The van der Waals surface area contributed by atoms with Gasteiger partial charge in [0.1, 0.15) is 5.82 Å². The van der Waals surface area contributed by atoms with E-state index < -0.39 is 11.9 Å². The SMILES string of the molecule is CC1CC(Nc2ncc3c(n2)CN(C(=O)N[C@H](CO)c2ccc(Cl)c(F)c2)CC3)CCO1. The van der Waals surface area contributed by atoms with E-state index in [1.54, 1.807) is 11.0 Å². The quantitative estimate of drug-likeness (QED) is 0.630. The summed E-state index contributed by atoms with van der Waals surface area (Å²) in [5, 5.41) is 15.9. The van der Waals surface area contributed by atoms with Gasteiger partial charge in [0.05, 0.1) is 36.0 Å². The molecule has 0 saturated carbocycles. The second kappa shape index (κ2) is 9.97. The van der Waals surface area contributed by atoms with E-state index >= 15 is 0 Å². The maximum absolute atomic E-state index is 13.8. The molecule has 1 fully saturated rings. The van der Waals surface area contributed by atoms with E-state index in [9.17, 15) is 14.3 Å². The van der Waals surface area contributed by atoms with Crippen LogP contribution in [0.2, 0.25) is 5.02 Å². The zero-order valence-corrected chi connectivity index (χ0v) is 18.6. The third-order valence-corrected chi connectivity index (χ3v) is 6.18. The molecule has 0 radical (unpaired) electrons. The van der Waals surface area contributed by atoms with Gasteiger partial charge >= 0.3 is 6.03 Å². The minimum atomic E-state index is -0.742. The Morgan fingerprint density at radius 3 is 3.06 bits per heavy atom. The monoisotopic (exact) mass is 463 g/mol. The summed E-state index contributed by atoms with van der Waals surface area (Å²) in [5.74, 6) is -0.0469. The predicted octanol–water partition coefficient (Wildman–Crippen LogP) is 3.05. The molecule has 1 aromatic carbocycles. The molecule has 8 nitrogen and oxygen atoms in total. The van der Waals surface area contributed by atoms with Gasteiger partial charge in [0.25, 0.3) is 0 Å². The van der Waals surface area contributed by atoms with E-state index in [-0.39, 0.29) is 29.8 Å². The van der Waals surface area contributed by atoms with Crippen molar-refractivity contribution in [2.24, 2.45) is 0 Å². The second-order valence-electron chi connectivity index (χ2n) is 8.24. The molecule has 2 aromatic rings. The molecule has 2 amide bonds. The molecular weight excluding hydrogens is 437 g/mol. The zero-order valence-electron chi connectivity index (χ0n) is 17.9. The first-order chi connectivity index (χ1) is 15.4. The number of fused-ring (bicyclic) bond motifs is 1. The number of hydrogen-bond donors (Lipinski definition) is 3. The smallest absolute Gasteiger partial charge is 0.318 e. The Bertz CT molecular complexity index is 979. The maximum atomic E-state index is 13.8. The maximum Gasteiger partial charge on any atom is 0.318 e. The number of nitrogens with zero attached hydrogens (tertiary/aromatic N) is 3. The van der Waals surface area contributed by atoms with Gasteiger partial charge in [0.15, 0.2) is 0 Å². The summed E-state index contributed by atoms with van der Waals surface area (Å²) in [6.45, 7) is 3.23. The zero-order chi connectivity index (χ0) is 22.7. The van der Waals surface area contributed by atoms with E-state index in [2.05, 4.69) is 27.5 Å². The summed E-state index contributed by atoms with van der Waals surface area (Å²) in [6.07, 6.45) is 4.44. The van der Waals surface area contributed by atoms with Crippen molar-refractivity contribution in [3.8, 4) is 0 Å². The number of halogens is 2. The van der Waals surface area contributed by atoms with Gasteiger partial charge in [-0.05, 0) is 49.4 Å². The highest BCUT2D eigenvalue weighted by Gasteiger charge is 2.26. The molecule has 1 saturated heterocycles. The Kier molecular flexibility index (Phi) is 7.07. The predicted molar refractivity (Wildman–Crippen MR) is 118 cm³/mol. The number of hydrogen-bond acceptors (Lipinski definition) is 6. The fraction of sp³-hybridized carbons (Fsp3) is 0.500. The highest BCUT2D eigenvalue weighted by molar-refractivity contribution is 6.30. The van der Waals surface area contributed by atoms with E-state index in [0.717, 1.165) is 24.1 Å². The molecule has 3 N–H and O–H groups in total. The average Bonchev–Trinajstić information content (AvgIpc) is 2.78.